The summed E-state index contributed by atoms with van der Waals surface area (Å²) in [6.45, 7) is 9.15. The lowest BCUT2D eigenvalue weighted by Crippen LogP contribution is -2.54. The molecule has 174 valence electrons. The standard InChI is InChI=1S/C23H27ClN6O3/c1-15-11-28(22(32)33-23(2,3)4)8-9-29(15)20-19-18(27-14-31)12-30(21(19)26-13-25-20)17-7-5-6-16(24)10-17/h5-7,10,12-15H,8-9,11H2,1-4H3,(H,27,31). The highest BCUT2D eigenvalue weighted by molar-refractivity contribution is 6.30. The first kappa shape index (κ1) is 22.8. The molecular formula is C23H27ClN6O3. The minimum atomic E-state index is -0.547. The van der Waals surface area contributed by atoms with E-state index in [1.807, 2.05) is 56.7 Å². The van der Waals surface area contributed by atoms with E-state index in [9.17, 15) is 9.59 Å². The number of aromatic nitrogens is 3. The van der Waals surface area contributed by atoms with E-state index in [2.05, 4.69) is 20.2 Å². The number of benzene rings is 1. The van der Waals surface area contributed by atoms with Gasteiger partial charge in [0.2, 0.25) is 6.41 Å². The summed E-state index contributed by atoms with van der Waals surface area (Å²) in [5.74, 6) is 0.696. The lowest BCUT2D eigenvalue weighted by molar-refractivity contribution is -0.105. The van der Waals surface area contributed by atoms with Gasteiger partial charge in [0.15, 0.2) is 5.65 Å². The predicted molar refractivity (Wildman–Crippen MR) is 128 cm³/mol. The van der Waals surface area contributed by atoms with Gasteiger partial charge in [-0.15, -0.1) is 0 Å². The summed E-state index contributed by atoms with van der Waals surface area (Å²) in [7, 11) is 0. The molecule has 0 bridgehead atoms. The van der Waals surface area contributed by atoms with Crippen molar-refractivity contribution < 1.29 is 14.3 Å². The summed E-state index contributed by atoms with van der Waals surface area (Å²) in [4.78, 5) is 36.8. The Morgan fingerprint density at radius 1 is 1.27 bits per heavy atom. The van der Waals surface area contributed by atoms with E-state index in [0.717, 1.165) is 11.1 Å². The fourth-order valence-corrected chi connectivity index (χ4v) is 4.21. The monoisotopic (exact) mass is 470 g/mol. The SMILES string of the molecule is CC1CN(C(=O)OC(C)(C)C)CCN1c1ncnc2c1c(NC=O)cn2-c1cccc(Cl)c1. The van der Waals surface area contributed by atoms with Crippen LogP contribution < -0.4 is 10.2 Å². The molecule has 1 aromatic carbocycles. The third kappa shape index (κ3) is 4.73. The maximum atomic E-state index is 12.5. The molecule has 2 aromatic heterocycles. The van der Waals surface area contributed by atoms with Crippen LogP contribution in [0, 0.1) is 0 Å². The van der Waals surface area contributed by atoms with Crippen LogP contribution in [-0.2, 0) is 9.53 Å². The zero-order valence-electron chi connectivity index (χ0n) is 19.1. The first-order valence-electron chi connectivity index (χ1n) is 10.7. The molecule has 1 N–H and O–H groups in total. The molecule has 1 fully saturated rings. The van der Waals surface area contributed by atoms with Crippen molar-refractivity contribution in [2.24, 2.45) is 0 Å². The Morgan fingerprint density at radius 2 is 2.06 bits per heavy atom. The van der Waals surface area contributed by atoms with Gasteiger partial charge in [-0.25, -0.2) is 14.8 Å². The molecule has 1 saturated heterocycles. The Hall–Kier alpha value is -3.33. The van der Waals surface area contributed by atoms with Crippen molar-refractivity contribution in [3.8, 4) is 5.69 Å². The number of hydrogen-bond acceptors (Lipinski definition) is 6. The molecule has 9 nitrogen and oxygen atoms in total. The normalized spacial score (nSPS) is 16.7. The van der Waals surface area contributed by atoms with Crippen LogP contribution in [0.2, 0.25) is 5.02 Å². The Bertz CT molecular complexity index is 1190. The van der Waals surface area contributed by atoms with Crippen molar-refractivity contribution in [3.05, 3.63) is 41.8 Å². The quantitative estimate of drug-likeness (QED) is 0.577. The molecule has 0 aliphatic carbocycles. The van der Waals surface area contributed by atoms with Gasteiger partial charge in [0.1, 0.15) is 17.7 Å². The van der Waals surface area contributed by atoms with Crippen LogP contribution in [0.5, 0.6) is 0 Å². The van der Waals surface area contributed by atoms with Crippen molar-refractivity contribution >= 4 is 46.6 Å². The van der Waals surface area contributed by atoms with Gasteiger partial charge in [0, 0.05) is 42.6 Å². The second kappa shape index (κ2) is 8.90. The van der Waals surface area contributed by atoms with Crippen LogP contribution in [0.4, 0.5) is 16.3 Å². The molecule has 10 heteroatoms. The second-order valence-corrected chi connectivity index (χ2v) is 9.46. The lowest BCUT2D eigenvalue weighted by Gasteiger charge is -2.41. The number of carbonyl (C=O) groups is 2. The highest BCUT2D eigenvalue weighted by Gasteiger charge is 2.32. The molecule has 2 amide bonds. The van der Waals surface area contributed by atoms with Crippen LogP contribution >= 0.6 is 11.6 Å². The van der Waals surface area contributed by atoms with E-state index in [-0.39, 0.29) is 12.1 Å². The zero-order chi connectivity index (χ0) is 23.8. The third-order valence-electron chi connectivity index (χ3n) is 5.42. The van der Waals surface area contributed by atoms with Gasteiger partial charge in [-0.1, -0.05) is 17.7 Å². The topological polar surface area (TPSA) is 92.6 Å². The number of ether oxygens (including phenoxy) is 1. The summed E-state index contributed by atoms with van der Waals surface area (Å²) >= 11 is 6.20. The fraction of sp³-hybridized carbons (Fsp3) is 0.391. The van der Waals surface area contributed by atoms with Crippen LogP contribution in [0.25, 0.3) is 16.7 Å². The Morgan fingerprint density at radius 3 is 2.73 bits per heavy atom. The van der Waals surface area contributed by atoms with Crippen LogP contribution in [0.15, 0.2) is 36.8 Å². The van der Waals surface area contributed by atoms with Crippen LogP contribution in [0.3, 0.4) is 0 Å². The van der Waals surface area contributed by atoms with Gasteiger partial charge >= 0.3 is 6.09 Å². The van der Waals surface area contributed by atoms with Crippen molar-refractivity contribution in [2.75, 3.05) is 29.9 Å². The maximum absolute atomic E-state index is 12.5. The Balaban J connectivity index is 1.70. The van der Waals surface area contributed by atoms with E-state index in [1.165, 1.54) is 6.33 Å². The average Bonchev–Trinajstić information content (AvgIpc) is 3.12. The van der Waals surface area contributed by atoms with Gasteiger partial charge in [-0.2, -0.15) is 0 Å². The molecule has 0 spiro atoms. The van der Waals surface area contributed by atoms with Crippen LogP contribution in [0.1, 0.15) is 27.7 Å². The molecule has 1 aliphatic heterocycles. The molecule has 1 unspecified atom stereocenters. The number of carbonyl (C=O) groups excluding carboxylic acids is 2. The van der Waals surface area contributed by atoms with E-state index in [0.29, 0.717) is 48.2 Å². The zero-order valence-corrected chi connectivity index (χ0v) is 19.8. The number of piperazine rings is 1. The number of nitrogens with one attached hydrogen (secondary N) is 1. The van der Waals surface area contributed by atoms with E-state index < -0.39 is 5.60 Å². The predicted octanol–water partition coefficient (Wildman–Crippen LogP) is 4.09. The molecule has 0 radical (unpaired) electrons. The smallest absolute Gasteiger partial charge is 0.410 e. The third-order valence-corrected chi connectivity index (χ3v) is 5.65. The number of fused-ring (bicyclic) bond motifs is 1. The number of amides is 2. The molecule has 1 atom stereocenters. The number of nitrogens with zero attached hydrogens (tertiary/aromatic N) is 5. The number of hydrogen-bond donors (Lipinski definition) is 1. The molecule has 0 saturated carbocycles. The molecular weight excluding hydrogens is 444 g/mol. The molecule has 4 rings (SSSR count). The number of anilines is 2. The van der Waals surface area contributed by atoms with Crippen molar-refractivity contribution in [3.63, 3.8) is 0 Å². The first-order chi connectivity index (χ1) is 15.7. The van der Waals surface area contributed by atoms with E-state index >= 15 is 0 Å². The van der Waals surface area contributed by atoms with E-state index in [1.54, 1.807) is 11.0 Å². The summed E-state index contributed by atoms with van der Waals surface area (Å²) in [5, 5.41) is 4.10. The van der Waals surface area contributed by atoms with Crippen molar-refractivity contribution in [1.82, 2.24) is 19.4 Å². The highest BCUT2D eigenvalue weighted by Crippen LogP contribution is 2.35. The molecule has 3 heterocycles. The second-order valence-electron chi connectivity index (χ2n) is 9.02. The molecule has 1 aliphatic rings. The average molecular weight is 471 g/mol. The van der Waals surface area contributed by atoms with Crippen LogP contribution in [-0.4, -0.2) is 63.2 Å². The van der Waals surface area contributed by atoms with Gasteiger partial charge in [-0.05, 0) is 45.9 Å². The summed E-state index contributed by atoms with van der Waals surface area (Å²) < 4.78 is 7.40. The fourth-order valence-electron chi connectivity index (χ4n) is 4.02. The van der Waals surface area contributed by atoms with Crippen molar-refractivity contribution in [2.45, 2.75) is 39.3 Å². The number of rotatable bonds is 4. The van der Waals surface area contributed by atoms with E-state index in [4.69, 9.17) is 16.3 Å². The lowest BCUT2D eigenvalue weighted by atomic mass is 10.1. The van der Waals surface area contributed by atoms with Gasteiger partial charge < -0.3 is 19.9 Å². The Labute approximate surface area is 197 Å². The molecule has 3 aromatic rings. The largest absolute Gasteiger partial charge is 0.444 e. The molecule has 33 heavy (non-hydrogen) atoms. The summed E-state index contributed by atoms with van der Waals surface area (Å²) in [6, 6.07) is 7.38. The number of halogens is 1. The first-order valence-corrected chi connectivity index (χ1v) is 11.1. The minimum Gasteiger partial charge on any atom is -0.444 e. The van der Waals surface area contributed by atoms with Gasteiger partial charge in [0.05, 0.1) is 11.1 Å². The highest BCUT2D eigenvalue weighted by atomic mass is 35.5. The van der Waals surface area contributed by atoms with Gasteiger partial charge in [0.25, 0.3) is 0 Å². The minimum absolute atomic E-state index is 0.0250. The maximum Gasteiger partial charge on any atom is 0.410 e. The van der Waals surface area contributed by atoms with Crippen molar-refractivity contribution in [1.29, 1.82) is 0 Å². The summed E-state index contributed by atoms with van der Waals surface area (Å²) in [6.07, 6.45) is 3.63. The Kier molecular flexibility index (Phi) is 6.16. The van der Waals surface area contributed by atoms with Gasteiger partial charge in [-0.3, -0.25) is 9.36 Å². The summed E-state index contributed by atoms with van der Waals surface area (Å²) in [5.41, 5.74) is 1.51.